The third kappa shape index (κ3) is 3.85. The first-order valence-electron chi connectivity index (χ1n) is 7.81. The average molecular weight is 380 g/mol. The molecule has 0 saturated carbocycles. The Morgan fingerprint density at radius 2 is 1.62 bits per heavy atom. The first-order valence-corrected chi connectivity index (χ1v) is 9.44. The molecule has 0 aliphatic rings. The lowest BCUT2D eigenvalue weighted by Gasteiger charge is -2.06. The SMILES string of the molecule is CN(C)c1ccc(-c2ccc(/C=C(\C#N)c3ccc(C(=O)O)cc3)s2)s1. The molecular formula is C20H16N2O2S2. The van der Waals surface area contributed by atoms with Gasteiger partial charge in [0, 0.05) is 28.7 Å². The van der Waals surface area contributed by atoms with Crippen molar-refractivity contribution in [2.24, 2.45) is 0 Å². The predicted molar refractivity (Wildman–Crippen MR) is 109 cm³/mol. The molecule has 4 nitrogen and oxygen atoms in total. The van der Waals surface area contributed by atoms with Gasteiger partial charge in [0.15, 0.2) is 0 Å². The van der Waals surface area contributed by atoms with E-state index in [0.29, 0.717) is 11.1 Å². The quantitative estimate of drug-likeness (QED) is 0.610. The van der Waals surface area contributed by atoms with Crippen LogP contribution in [0.2, 0.25) is 0 Å². The third-order valence-corrected chi connectivity index (χ3v) is 6.23. The van der Waals surface area contributed by atoms with Crippen molar-refractivity contribution in [1.82, 2.24) is 0 Å². The zero-order valence-corrected chi connectivity index (χ0v) is 15.9. The molecule has 1 aromatic carbocycles. The van der Waals surface area contributed by atoms with Gasteiger partial charge in [-0.2, -0.15) is 5.26 Å². The van der Waals surface area contributed by atoms with E-state index in [0.717, 1.165) is 9.75 Å². The molecular weight excluding hydrogens is 364 g/mol. The summed E-state index contributed by atoms with van der Waals surface area (Å²) in [4.78, 5) is 16.4. The van der Waals surface area contributed by atoms with Crippen LogP contribution in [0, 0.1) is 11.3 Å². The molecule has 1 N–H and O–H groups in total. The normalized spacial score (nSPS) is 11.2. The summed E-state index contributed by atoms with van der Waals surface area (Å²) in [5.41, 5.74) is 1.42. The van der Waals surface area contributed by atoms with Gasteiger partial charge in [0.05, 0.1) is 22.2 Å². The van der Waals surface area contributed by atoms with Crippen molar-refractivity contribution in [3.05, 3.63) is 64.5 Å². The molecule has 0 fully saturated rings. The Balaban J connectivity index is 1.87. The molecule has 0 bridgehead atoms. The van der Waals surface area contributed by atoms with E-state index in [1.54, 1.807) is 34.8 Å². The molecule has 130 valence electrons. The summed E-state index contributed by atoms with van der Waals surface area (Å²) in [6.45, 7) is 0. The Labute approximate surface area is 159 Å². The molecule has 6 heteroatoms. The van der Waals surface area contributed by atoms with Gasteiger partial charge >= 0.3 is 5.97 Å². The number of allylic oxidation sites excluding steroid dienone is 1. The molecule has 0 unspecified atom stereocenters. The predicted octanol–water partition coefficient (Wildman–Crippen LogP) is 5.30. The van der Waals surface area contributed by atoms with Crippen molar-refractivity contribution in [2.75, 3.05) is 19.0 Å². The number of aromatic carboxylic acids is 1. The minimum Gasteiger partial charge on any atom is -0.478 e. The lowest BCUT2D eigenvalue weighted by molar-refractivity contribution is 0.0697. The summed E-state index contributed by atoms with van der Waals surface area (Å²) < 4.78 is 0. The molecule has 0 spiro atoms. The van der Waals surface area contributed by atoms with Crippen LogP contribution >= 0.6 is 22.7 Å². The molecule has 2 heterocycles. The van der Waals surface area contributed by atoms with Crippen LogP contribution in [0.25, 0.3) is 21.4 Å². The number of rotatable bonds is 5. The molecule has 3 aromatic rings. The van der Waals surface area contributed by atoms with E-state index in [1.807, 2.05) is 26.2 Å². The summed E-state index contributed by atoms with van der Waals surface area (Å²) in [6.07, 6.45) is 1.84. The third-order valence-electron chi connectivity index (χ3n) is 3.75. The lowest BCUT2D eigenvalue weighted by Crippen LogP contribution is -2.05. The summed E-state index contributed by atoms with van der Waals surface area (Å²) >= 11 is 3.36. The number of hydrogen-bond acceptors (Lipinski definition) is 5. The van der Waals surface area contributed by atoms with E-state index in [2.05, 4.69) is 29.2 Å². The van der Waals surface area contributed by atoms with Crippen LogP contribution in [0.5, 0.6) is 0 Å². The minimum absolute atomic E-state index is 0.207. The Hall–Kier alpha value is -2.88. The fourth-order valence-corrected chi connectivity index (χ4v) is 4.35. The number of nitriles is 1. The van der Waals surface area contributed by atoms with Crippen molar-refractivity contribution in [2.45, 2.75) is 0 Å². The Bertz CT molecular complexity index is 1010. The van der Waals surface area contributed by atoms with Gasteiger partial charge in [0.1, 0.15) is 0 Å². The van der Waals surface area contributed by atoms with Gasteiger partial charge in [0.2, 0.25) is 0 Å². The largest absolute Gasteiger partial charge is 0.478 e. The van der Waals surface area contributed by atoms with Gasteiger partial charge < -0.3 is 10.0 Å². The number of carboxylic acid groups (broad SMARTS) is 1. The van der Waals surface area contributed by atoms with Gasteiger partial charge in [-0.1, -0.05) is 12.1 Å². The minimum atomic E-state index is -0.977. The van der Waals surface area contributed by atoms with Gasteiger partial charge in [0.25, 0.3) is 0 Å². The summed E-state index contributed by atoms with van der Waals surface area (Å²) in [5, 5.41) is 19.6. The first kappa shape index (κ1) is 17.9. The second kappa shape index (κ2) is 7.56. The summed E-state index contributed by atoms with van der Waals surface area (Å²) in [6, 6.07) is 16.8. The fourth-order valence-electron chi connectivity index (χ4n) is 2.38. The highest BCUT2D eigenvalue weighted by Crippen LogP contribution is 2.37. The van der Waals surface area contributed by atoms with Crippen LogP contribution in [0.4, 0.5) is 5.00 Å². The van der Waals surface area contributed by atoms with E-state index in [1.165, 1.54) is 22.0 Å². The van der Waals surface area contributed by atoms with Crippen molar-refractivity contribution in [3.8, 4) is 15.8 Å². The molecule has 3 rings (SSSR count). The number of nitrogens with zero attached hydrogens (tertiary/aromatic N) is 2. The maximum Gasteiger partial charge on any atom is 0.335 e. The highest BCUT2D eigenvalue weighted by molar-refractivity contribution is 7.24. The van der Waals surface area contributed by atoms with Gasteiger partial charge in [-0.3, -0.25) is 0 Å². The van der Waals surface area contributed by atoms with Crippen LogP contribution < -0.4 is 4.90 Å². The zero-order chi connectivity index (χ0) is 18.7. The molecule has 0 atom stereocenters. The lowest BCUT2D eigenvalue weighted by atomic mass is 10.0. The second-order valence-corrected chi connectivity index (χ2v) is 7.96. The van der Waals surface area contributed by atoms with Crippen molar-refractivity contribution >= 4 is 45.3 Å². The number of carbonyl (C=O) groups is 1. The summed E-state index contributed by atoms with van der Waals surface area (Å²) in [7, 11) is 4.04. The second-order valence-electron chi connectivity index (χ2n) is 5.79. The highest BCUT2D eigenvalue weighted by Gasteiger charge is 2.09. The van der Waals surface area contributed by atoms with E-state index in [-0.39, 0.29) is 5.56 Å². The average Bonchev–Trinajstić information content (AvgIpc) is 3.29. The smallest absolute Gasteiger partial charge is 0.335 e. The van der Waals surface area contributed by atoms with Crippen LogP contribution in [-0.4, -0.2) is 25.2 Å². The van der Waals surface area contributed by atoms with Crippen LogP contribution in [-0.2, 0) is 0 Å². The Morgan fingerprint density at radius 3 is 2.19 bits per heavy atom. The van der Waals surface area contributed by atoms with Crippen molar-refractivity contribution in [1.29, 1.82) is 5.26 Å². The maximum atomic E-state index is 10.9. The molecule has 0 radical (unpaired) electrons. The van der Waals surface area contributed by atoms with Gasteiger partial charge in [-0.15, -0.1) is 22.7 Å². The monoisotopic (exact) mass is 380 g/mol. The molecule has 26 heavy (non-hydrogen) atoms. The molecule has 0 amide bonds. The Kier molecular flexibility index (Phi) is 5.21. The maximum absolute atomic E-state index is 10.9. The zero-order valence-electron chi connectivity index (χ0n) is 14.3. The van der Waals surface area contributed by atoms with Crippen LogP contribution in [0.3, 0.4) is 0 Å². The number of anilines is 1. The molecule has 0 aliphatic carbocycles. The van der Waals surface area contributed by atoms with E-state index < -0.39 is 5.97 Å². The number of hydrogen-bond donors (Lipinski definition) is 1. The van der Waals surface area contributed by atoms with Crippen LogP contribution in [0.15, 0.2) is 48.5 Å². The molecule has 0 saturated heterocycles. The number of benzene rings is 1. The fraction of sp³-hybridized carbons (Fsp3) is 0.100. The Morgan fingerprint density at radius 1 is 1.00 bits per heavy atom. The molecule has 0 aliphatic heterocycles. The van der Waals surface area contributed by atoms with E-state index in [4.69, 9.17) is 5.11 Å². The van der Waals surface area contributed by atoms with Crippen molar-refractivity contribution in [3.63, 3.8) is 0 Å². The van der Waals surface area contributed by atoms with Crippen molar-refractivity contribution < 1.29 is 9.90 Å². The van der Waals surface area contributed by atoms with Gasteiger partial charge in [-0.25, -0.2) is 4.79 Å². The van der Waals surface area contributed by atoms with E-state index in [9.17, 15) is 10.1 Å². The number of carboxylic acids is 1. The highest BCUT2D eigenvalue weighted by atomic mass is 32.1. The van der Waals surface area contributed by atoms with E-state index >= 15 is 0 Å². The first-order chi connectivity index (χ1) is 12.5. The topological polar surface area (TPSA) is 64.3 Å². The number of thiophene rings is 2. The molecule has 2 aromatic heterocycles. The summed E-state index contributed by atoms with van der Waals surface area (Å²) in [5.74, 6) is -0.977. The standard InChI is InChI=1S/C20H16N2O2S2/c1-22(2)19-10-9-18(26-19)17-8-7-16(25-17)11-15(12-21)13-3-5-14(6-4-13)20(23)24/h3-11H,1-2H3,(H,23,24)/b15-11+. The van der Waals surface area contributed by atoms with Crippen LogP contribution in [0.1, 0.15) is 20.8 Å². The van der Waals surface area contributed by atoms with Gasteiger partial charge in [-0.05, 0) is 48.0 Å².